The zero-order valence-corrected chi connectivity index (χ0v) is 7.61. The van der Waals surface area contributed by atoms with Crippen molar-refractivity contribution in [3.63, 3.8) is 0 Å². The molecule has 0 aliphatic rings. The minimum absolute atomic E-state index is 0.0137. The normalized spacial score (nSPS) is 11.6. The Kier molecular flexibility index (Phi) is 3.78. The second-order valence-corrected chi connectivity index (χ2v) is 3.00. The maximum absolute atomic E-state index is 8.68. The van der Waals surface area contributed by atoms with Crippen LogP contribution in [-0.4, -0.2) is 0 Å². The summed E-state index contributed by atoms with van der Waals surface area (Å²) in [6.45, 7) is 3.62. The smallest absolute Gasteiger partial charge is 0.0697 e. The van der Waals surface area contributed by atoms with Crippen LogP contribution in [0.25, 0.3) is 0 Å². The third-order valence-corrected chi connectivity index (χ3v) is 2.04. The van der Waals surface area contributed by atoms with Crippen molar-refractivity contribution in [2.45, 2.75) is 12.8 Å². The van der Waals surface area contributed by atoms with Crippen LogP contribution in [0.4, 0.5) is 0 Å². The molecule has 1 rings (SSSR count). The number of nitriles is 1. The van der Waals surface area contributed by atoms with E-state index in [1.54, 1.807) is 6.08 Å². The van der Waals surface area contributed by atoms with Crippen LogP contribution in [0, 0.1) is 17.2 Å². The van der Waals surface area contributed by atoms with Gasteiger partial charge in [0.2, 0.25) is 0 Å². The maximum Gasteiger partial charge on any atom is 0.0697 e. The van der Waals surface area contributed by atoms with Crippen LogP contribution < -0.4 is 0 Å². The zero-order valence-electron chi connectivity index (χ0n) is 7.61. The lowest BCUT2D eigenvalue weighted by Crippen LogP contribution is -1.94. The SMILES string of the molecule is C=CC(C#N)CCc1ccccc1. The average Bonchev–Trinajstić information content (AvgIpc) is 2.21. The Bertz CT molecular complexity index is 295. The van der Waals surface area contributed by atoms with Crippen molar-refractivity contribution in [2.75, 3.05) is 0 Å². The van der Waals surface area contributed by atoms with Crippen LogP contribution in [-0.2, 0) is 6.42 Å². The van der Waals surface area contributed by atoms with E-state index in [0.29, 0.717) is 0 Å². The summed E-state index contributed by atoms with van der Waals surface area (Å²) in [4.78, 5) is 0. The Morgan fingerprint density at radius 3 is 2.62 bits per heavy atom. The molecule has 0 amide bonds. The summed E-state index contributed by atoms with van der Waals surface area (Å²) in [6, 6.07) is 12.4. The van der Waals surface area contributed by atoms with Gasteiger partial charge in [0, 0.05) is 0 Å². The molecule has 1 aromatic carbocycles. The Balaban J connectivity index is 2.44. The number of hydrogen-bond acceptors (Lipinski definition) is 1. The highest BCUT2D eigenvalue weighted by molar-refractivity contribution is 5.15. The van der Waals surface area contributed by atoms with E-state index < -0.39 is 0 Å². The minimum Gasteiger partial charge on any atom is -0.198 e. The molecule has 1 atom stereocenters. The third kappa shape index (κ3) is 3.13. The van der Waals surface area contributed by atoms with Gasteiger partial charge in [0.1, 0.15) is 0 Å². The Hall–Kier alpha value is -1.55. The highest BCUT2D eigenvalue weighted by Gasteiger charge is 2.01. The summed E-state index contributed by atoms with van der Waals surface area (Å²) in [6.07, 6.45) is 3.53. The fourth-order valence-corrected chi connectivity index (χ4v) is 1.20. The number of allylic oxidation sites excluding steroid dienone is 1. The Morgan fingerprint density at radius 1 is 1.38 bits per heavy atom. The van der Waals surface area contributed by atoms with Crippen molar-refractivity contribution < 1.29 is 0 Å². The number of aryl methyl sites for hydroxylation is 1. The molecule has 1 unspecified atom stereocenters. The molecule has 1 nitrogen and oxygen atoms in total. The van der Waals surface area contributed by atoms with Crippen molar-refractivity contribution in [3.8, 4) is 6.07 Å². The molecule has 13 heavy (non-hydrogen) atoms. The third-order valence-electron chi connectivity index (χ3n) is 2.04. The quantitative estimate of drug-likeness (QED) is 0.639. The van der Waals surface area contributed by atoms with Crippen LogP contribution in [0.15, 0.2) is 43.0 Å². The lowest BCUT2D eigenvalue weighted by atomic mass is 10.0. The topological polar surface area (TPSA) is 23.8 Å². The predicted molar refractivity (Wildman–Crippen MR) is 54.1 cm³/mol. The first kappa shape index (κ1) is 9.54. The van der Waals surface area contributed by atoms with Gasteiger partial charge in [0.15, 0.2) is 0 Å². The Labute approximate surface area is 79.3 Å². The van der Waals surface area contributed by atoms with Gasteiger partial charge in [0.25, 0.3) is 0 Å². The number of hydrogen-bond donors (Lipinski definition) is 0. The lowest BCUT2D eigenvalue weighted by Gasteiger charge is -2.02. The maximum atomic E-state index is 8.68. The fourth-order valence-electron chi connectivity index (χ4n) is 1.20. The summed E-state index contributed by atoms with van der Waals surface area (Å²) in [5.41, 5.74) is 1.28. The predicted octanol–water partition coefficient (Wildman–Crippen LogP) is 2.94. The number of nitrogens with zero attached hydrogens (tertiary/aromatic N) is 1. The molecule has 66 valence electrons. The van der Waals surface area contributed by atoms with Crippen molar-refractivity contribution in [2.24, 2.45) is 5.92 Å². The highest BCUT2D eigenvalue weighted by atomic mass is 14.3. The fraction of sp³-hybridized carbons (Fsp3) is 0.250. The van der Waals surface area contributed by atoms with E-state index in [-0.39, 0.29) is 5.92 Å². The largest absolute Gasteiger partial charge is 0.198 e. The molecule has 0 radical (unpaired) electrons. The molecule has 0 N–H and O–H groups in total. The van der Waals surface area contributed by atoms with Gasteiger partial charge in [-0.25, -0.2) is 0 Å². The molecule has 1 heteroatoms. The molecule has 0 saturated heterocycles. The minimum atomic E-state index is -0.0137. The van der Waals surface area contributed by atoms with Gasteiger partial charge in [-0.1, -0.05) is 36.4 Å². The molecule has 0 saturated carbocycles. The second-order valence-electron chi connectivity index (χ2n) is 3.00. The standard InChI is InChI=1S/C12H13N/c1-2-11(10-13)8-9-12-6-4-3-5-7-12/h2-7,11H,1,8-9H2. The van der Waals surface area contributed by atoms with Crippen molar-refractivity contribution >= 4 is 0 Å². The van der Waals surface area contributed by atoms with Crippen molar-refractivity contribution in [3.05, 3.63) is 48.6 Å². The van der Waals surface area contributed by atoms with Gasteiger partial charge in [-0.3, -0.25) is 0 Å². The van der Waals surface area contributed by atoms with Crippen molar-refractivity contribution in [1.82, 2.24) is 0 Å². The molecule has 0 aliphatic heterocycles. The van der Waals surface area contributed by atoms with Crippen LogP contribution in [0.3, 0.4) is 0 Å². The van der Waals surface area contributed by atoms with Crippen LogP contribution in [0.5, 0.6) is 0 Å². The van der Waals surface area contributed by atoms with Gasteiger partial charge >= 0.3 is 0 Å². The van der Waals surface area contributed by atoms with E-state index in [9.17, 15) is 0 Å². The average molecular weight is 171 g/mol. The van der Waals surface area contributed by atoms with E-state index in [4.69, 9.17) is 5.26 Å². The summed E-state index contributed by atoms with van der Waals surface area (Å²) in [5, 5.41) is 8.68. The molecule has 0 bridgehead atoms. The van der Waals surface area contributed by atoms with Gasteiger partial charge in [0.05, 0.1) is 12.0 Å². The van der Waals surface area contributed by atoms with Crippen LogP contribution in [0.1, 0.15) is 12.0 Å². The van der Waals surface area contributed by atoms with E-state index >= 15 is 0 Å². The lowest BCUT2D eigenvalue weighted by molar-refractivity contribution is 0.721. The first-order chi connectivity index (χ1) is 6.36. The van der Waals surface area contributed by atoms with Crippen LogP contribution in [0.2, 0.25) is 0 Å². The molecular formula is C12H13N. The number of benzene rings is 1. The first-order valence-electron chi connectivity index (χ1n) is 4.43. The molecule has 0 heterocycles. The molecule has 0 fully saturated rings. The summed E-state index contributed by atoms with van der Waals surface area (Å²) in [5.74, 6) is -0.0137. The summed E-state index contributed by atoms with van der Waals surface area (Å²) in [7, 11) is 0. The van der Waals surface area contributed by atoms with E-state index in [0.717, 1.165) is 12.8 Å². The Morgan fingerprint density at radius 2 is 2.08 bits per heavy atom. The molecule has 0 spiro atoms. The van der Waals surface area contributed by atoms with Gasteiger partial charge in [-0.2, -0.15) is 5.26 Å². The summed E-state index contributed by atoms with van der Waals surface area (Å²) >= 11 is 0. The van der Waals surface area contributed by atoms with E-state index in [2.05, 4.69) is 24.8 Å². The van der Waals surface area contributed by atoms with Crippen LogP contribution >= 0.6 is 0 Å². The van der Waals surface area contributed by atoms with Crippen molar-refractivity contribution in [1.29, 1.82) is 5.26 Å². The molecular weight excluding hydrogens is 158 g/mol. The van der Waals surface area contributed by atoms with Gasteiger partial charge in [-0.05, 0) is 18.4 Å². The number of rotatable bonds is 4. The highest BCUT2D eigenvalue weighted by Crippen LogP contribution is 2.09. The van der Waals surface area contributed by atoms with Gasteiger partial charge in [-0.15, -0.1) is 6.58 Å². The first-order valence-corrected chi connectivity index (χ1v) is 4.43. The molecule has 1 aromatic rings. The van der Waals surface area contributed by atoms with E-state index in [1.165, 1.54) is 5.56 Å². The zero-order chi connectivity index (χ0) is 9.52. The summed E-state index contributed by atoms with van der Waals surface area (Å²) < 4.78 is 0. The molecule has 0 aromatic heterocycles. The molecule has 0 aliphatic carbocycles. The second kappa shape index (κ2) is 5.16. The van der Waals surface area contributed by atoms with Gasteiger partial charge < -0.3 is 0 Å². The monoisotopic (exact) mass is 171 g/mol. The van der Waals surface area contributed by atoms with E-state index in [1.807, 2.05) is 18.2 Å².